The lowest BCUT2D eigenvalue weighted by molar-refractivity contribution is 0.805. The van der Waals surface area contributed by atoms with Gasteiger partial charge in [0.1, 0.15) is 5.82 Å². The van der Waals surface area contributed by atoms with Gasteiger partial charge >= 0.3 is 0 Å². The highest BCUT2D eigenvalue weighted by Gasteiger charge is 2.08. The van der Waals surface area contributed by atoms with Crippen LogP contribution in [0.4, 0.5) is 0 Å². The fourth-order valence-corrected chi connectivity index (χ4v) is 3.02. The average Bonchev–Trinajstić information content (AvgIpc) is 3.02. The second kappa shape index (κ2) is 5.08. The lowest BCUT2D eigenvalue weighted by Crippen LogP contribution is -2.00. The fourth-order valence-electron chi connectivity index (χ4n) is 1.88. The molecule has 0 radical (unpaired) electrons. The Kier molecular flexibility index (Phi) is 3.30. The summed E-state index contributed by atoms with van der Waals surface area (Å²) in [5.41, 5.74) is 1.26. The molecule has 90 valence electrons. The number of hydrogen-bond donors (Lipinski definition) is 0. The minimum atomic E-state index is 0.828. The van der Waals surface area contributed by atoms with E-state index in [2.05, 4.69) is 61.2 Å². The van der Waals surface area contributed by atoms with Crippen LogP contribution in [-0.2, 0) is 6.54 Å². The molecule has 4 heteroatoms. The van der Waals surface area contributed by atoms with Crippen molar-refractivity contribution >= 4 is 27.3 Å². The second-order valence-corrected chi connectivity index (χ2v) is 5.75. The Morgan fingerprint density at radius 2 is 2.06 bits per heavy atom. The molecule has 0 atom stereocenters. The lowest BCUT2D eigenvalue weighted by atomic mass is 10.2. The molecule has 0 spiro atoms. The van der Waals surface area contributed by atoms with Crippen molar-refractivity contribution in [1.82, 2.24) is 9.55 Å². The molecule has 2 heterocycles. The maximum atomic E-state index is 4.44. The fraction of sp³-hybridized carbons (Fsp3) is 0.0714. The molecule has 2 nitrogen and oxygen atoms in total. The molecule has 0 amide bonds. The topological polar surface area (TPSA) is 17.8 Å². The molecule has 1 aromatic carbocycles. The Labute approximate surface area is 118 Å². The standard InChI is InChI=1S/C14H11BrN2S/c15-12-5-2-1-4-11(12)10-17-8-7-16-14(17)13-6-3-9-18-13/h1-9H,10H2. The van der Waals surface area contributed by atoms with Crippen LogP contribution in [0.5, 0.6) is 0 Å². The quantitative estimate of drug-likeness (QED) is 0.699. The van der Waals surface area contributed by atoms with Crippen LogP contribution < -0.4 is 0 Å². The van der Waals surface area contributed by atoms with Gasteiger partial charge in [-0.1, -0.05) is 40.2 Å². The van der Waals surface area contributed by atoms with Gasteiger partial charge in [-0.05, 0) is 23.1 Å². The molecule has 0 N–H and O–H groups in total. The average molecular weight is 319 g/mol. The number of imidazole rings is 1. The Morgan fingerprint density at radius 3 is 2.83 bits per heavy atom. The smallest absolute Gasteiger partial charge is 0.150 e. The molecule has 2 aromatic heterocycles. The van der Waals surface area contributed by atoms with Gasteiger partial charge < -0.3 is 4.57 Å². The Morgan fingerprint density at radius 1 is 1.17 bits per heavy atom. The third-order valence-electron chi connectivity index (χ3n) is 2.76. The first-order valence-electron chi connectivity index (χ1n) is 5.63. The molecule has 0 saturated heterocycles. The first-order chi connectivity index (χ1) is 8.84. The van der Waals surface area contributed by atoms with Gasteiger partial charge in [0.2, 0.25) is 0 Å². The third-order valence-corrected chi connectivity index (χ3v) is 4.39. The van der Waals surface area contributed by atoms with Crippen LogP contribution in [-0.4, -0.2) is 9.55 Å². The van der Waals surface area contributed by atoms with E-state index in [1.807, 2.05) is 18.5 Å². The monoisotopic (exact) mass is 318 g/mol. The predicted molar refractivity (Wildman–Crippen MR) is 78.8 cm³/mol. The van der Waals surface area contributed by atoms with Gasteiger partial charge in [0.05, 0.1) is 11.4 Å². The van der Waals surface area contributed by atoms with E-state index in [1.165, 1.54) is 10.4 Å². The number of hydrogen-bond acceptors (Lipinski definition) is 2. The number of benzene rings is 1. The molecular weight excluding hydrogens is 308 g/mol. The van der Waals surface area contributed by atoms with Gasteiger partial charge in [-0.15, -0.1) is 11.3 Å². The molecule has 0 aliphatic carbocycles. The lowest BCUT2D eigenvalue weighted by Gasteiger charge is -2.08. The number of thiophene rings is 1. The zero-order chi connectivity index (χ0) is 12.4. The third kappa shape index (κ3) is 2.26. The first kappa shape index (κ1) is 11.7. The molecule has 3 aromatic rings. The minimum absolute atomic E-state index is 0.828. The molecule has 0 aliphatic rings. The van der Waals surface area contributed by atoms with Crippen LogP contribution in [0.25, 0.3) is 10.7 Å². The molecule has 3 rings (SSSR count). The highest BCUT2D eigenvalue weighted by molar-refractivity contribution is 9.10. The number of halogens is 1. The zero-order valence-corrected chi connectivity index (χ0v) is 12.0. The van der Waals surface area contributed by atoms with E-state index in [4.69, 9.17) is 0 Å². The number of nitrogens with zero attached hydrogens (tertiary/aromatic N) is 2. The maximum absolute atomic E-state index is 4.44. The van der Waals surface area contributed by atoms with Crippen molar-refractivity contribution in [1.29, 1.82) is 0 Å². The molecule has 0 fully saturated rings. The molecule has 0 saturated carbocycles. The van der Waals surface area contributed by atoms with E-state index < -0.39 is 0 Å². The highest BCUT2D eigenvalue weighted by Crippen LogP contribution is 2.25. The largest absolute Gasteiger partial charge is 0.326 e. The van der Waals surface area contributed by atoms with Gasteiger partial charge in [-0.25, -0.2) is 4.98 Å². The van der Waals surface area contributed by atoms with E-state index >= 15 is 0 Å². The van der Waals surface area contributed by atoms with Crippen LogP contribution in [0.15, 0.2) is 58.6 Å². The summed E-state index contributed by atoms with van der Waals surface area (Å²) in [6, 6.07) is 12.4. The summed E-state index contributed by atoms with van der Waals surface area (Å²) in [5.74, 6) is 1.03. The van der Waals surface area contributed by atoms with Crippen LogP contribution in [0.3, 0.4) is 0 Å². The first-order valence-corrected chi connectivity index (χ1v) is 7.30. The Bertz CT molecular complexity index is 643. The van der Waals surface area contributed by atoms with Gasteiger partial charge in [0, 0.05) is 16.9 Å². The van der Waals surface area contributed by atoms with Crippen LogP contribution in [0.2, 0.25) is 0 Å². The Balaban J connectivity index is 1.95. The number of rotatable bonds is 3. The van der Waals surface area contributed by atoms with E-state index in [0.29, 0.717) is 0 Å². The van der Waals surface area contributed by atoms with Gasteiger partial charge in [-0.2, -0.15) is 0 Å². The van der Waals surface area contributed by atoms with Crippen molar-refractivity contribution in [2.24, 2.45) is 0 Å². The summed E-state index contributed by atoms with van der Waals surface area (Å²) < 4.78 is 3.31. The van der Waals surface area contributed by atoms with E-state index in [0.717, 1.165) is 16.8 Å². The SMILES string of the molecule is Brc1ccccc1Cn1ccnc1-c1cccs1. The van der Waals surface area contributed by atoms with Crippen LogP contribution in [0, 0.1) is 0 Å². The summed E-state index contributed by atoms with van der Waals surface area (Å²) in [4.78, 5) is 5.64. The van der Waals surface area contributed by atoms with Crippen molar-refractivity contribution < 1.29 is 0 Å². The van der Waals surface area contributed by atoms with Gasteiger partial charge in [-0.3, -0.25) is 0 Å². The zero-order valence-electron chi connectivity index (χ0n) is 9.58. The van der Waals surface area contributed by atoms with Gasteiger partial charge in [0.15, 0.2) is 0 Å². The van der Waals surface area contributed by atoms with E-state index in [9.17, 15) is 0 Å². The van der Waals surface area contributed by atoms with Crippen LogP contribution in [0.1, 0.15) is 5.56 Å². The van der Waals surface area contributed by atoms with Gasteiger partial charge in [0.25, 0.3) is 0 Å². The minimum Gasteiger partial charge on any atom is -0.326 e. The van der Waals surface area contributed by atoms with Crippen molar-refractivity contribution in [3.63, 3.8) is 0 Å². The summed E-state index contributed by atoms with van der Waals surface area (Å²) in [5, 5.41) is 2.08. The summed E-state index contributed by atoms with van der Waals surface area (Å²) in [7, 11) is 0. The number of aromatic nitrogens is 2. The summed E-state index contributed by atoms with van der Waals surface area (Å²) in [6.45, 7) is 0.828. The van der Waals surface area contributed by atoms with Crippen molar-refractivity contribution in [3.05, 3.63) is 64.2 Å². The molecule has 18 heavy (non-hydrogen) atoms. The van der Waals surface area contributed by atoms with Crippen molar-refractivity contribution in [2.45, 2.75) is 6.54 Å². The second-order valence-electron chi connectivity index (χ2n) is 3.95. The van der Waals surface area contributed by atoms with E-state index in [-0.39, 0.29) is 0 Å². The molecule has 0 aliphatic heterocycles. The summed E-state index contributed by atoms with van der Waals surface area (Å²) in [6.07, 6.45) is 3.88. The highest BCUT2D eigenvalue weighted by atomic mass is 79.9. The molecule has 0 bridgehead atoms. The van der Waals surface area contributed by atoms with Crippen molar-refractivity contribution in [3.8, 4) is 10.7 Å². The van der Waals surface area contributed by atoms with E-state index in [1.54, 1.807) is 11.3 Å². The predicted octanol–water partition coefficient (Wildman–Crippen LogP) is 4.42. The van der Waals surface area contributed by atoms with Crippen LogP contribution >= 0.6 is 27.3 Å². The Hall–Kier alpha value is -1.39. The molecular formula is C14H11BrN2S. The summed E-state index contributed by atoms with van der Waals surface area (Å²) >= 11 is 5.30. The molecule has 0 unspecified atom stereocenters. The van der Waals surface area contributed by atoms with Crippen molar-refractivity contribution in [2.75, 3.05) is 0 Å². The normalized spacial score (nSPS) is 10.7. The maximum Gasteiger partial charge on any atom is 0.150 e.